The number of methoxy groups -OCH3 is 1. The predicted molar refractivity (Wildman–Crippen MR) is 52.9 cm³/mol. The molecule has 0 radical (unpaired) electrons. The van der Waals surface area contributed by atoms with E-state index in [1.165, 1.54) is 13.2 Å². The molecule has 0 aromatic heterocycles. The van der Waals surface area contributed by atoms with Crippen LogP contribution in [0, 0.1) is 0 Å². The monoisotopic (exact) mass is 262 g/mol. The molecule has 0 fully saturated rings. The number of rotatable bonds is 1. The smallest absolute Gasteiger partial charge is 0.273 e. The Bertz CT molecular complexity index is 377. The second kappa shape index (κ2) is 3.19. The van der Waals surface area contributed by atoms with Crippen molar-refractivity contribution in [2.45, 2.75) is 18.8 Å². The average molecular weight is 263 g/mol. The minimum atomic E-state index is -2.69. The first-order valence-corrected chi connectivity index (χ1v) is 5.09. The molecule has 1 aromatic rings. The van der Waals surface area contributed by atoms with Gasteiger partial charge in [0.25, 0.3) is 5.92 Å². The number of benzene rings is 1. The summed E-state index contributed by atoms with van der Waals surface area (Å²) in [6.07, 6.45) is 0.264. The van der Waals surface area contributed by atoms with E-state index >= 15 is 0 Å². The Morgan fingerprint density at radius 1 is 1.43 bits per heavy atom. The molecule has 1 aliphatic carbocycles. The molecule has 0 amide bonds. The number of ether oxygens (including phenoxy) is 1. The molecular weight excluding hydrogens is 254 g/mol. The van der Waals surface area contributed by atoms with Gasteiger partial charge >= 0.3 is 0 Å². The lowest BCUT2D eigenvalue weighted by Gasteiger charge is -2.12. The van der Waals surface area contributed by atoms with Gasteiger partial charge in [-0.15, -0.1) is 0 Å². The fourth-order valence-electron chi connectivity index (χ4n) is 1.83. The molecule has 0 heterocycles. The zero-order valence-corrected chi connectivity index (χ0v) is 9.20. The van der Waals surface area contributed by atoms with E-state index in [0.717, 1.165) is 4.47 Å². The fraction of sp³-hybridized carbons (Fsp3) is 0.400. The minimum Gasteiger partial charge on any atom is -0.495 e. The van der Waals surface area contributed by atoms with Gasteiger partial charge in [0, 0.05) is 17.5 Å². The molecule has 0 N–H and O–H groups in total. The molecular formula is C10H9BrF2O. The molecule has 1 aromatic carbocycles. The summed E-state index contributed by atoms with van der Waals surface area (Å²) in [6.45, 7) is 0. The van der Waals surface area contributed by atoms with E-state index in [1.807, 2.05) is 0 Å². The van der Waals surface area contributed by atoms with Crippen LogP contribution >= 0.6 is 15.9 Å². The van der Waals surface area contributed by atoms with Crippen molar-refractivity contribution in [3.05, 3.63) is 27.7 Å². The largest absolute Gasteiger partial charge is 0.495 e. The normalized spacial score (nSPS) is 18.0. The van der Waals surface area contributed by atoms with Crippen molar-refractivity contribution in [1.82, 2.24) is 0 Å². The Morgan fingerprint density at radius 2 is 2.14 bits per heavy atom. The Balaban J connectivity index is 2.62. The van der Waals surface area contributed by atoms with E-state index in [9.17, 15) is 8.78 Å². The van der Waals surface area contributed by atoms with Crippen LogP contribution in [0.4, 0.5) is 8.78 Å². The number of hydrogen-bond acceptors (Lipinski definition) is 1. The van der Waals surface area contributed by atoms with Crippen LogP contribution in [0.25, 0.3) is 0 Å². The third-order valence-electron chi connectivity index (χ3n) is 2.50. The Morgan fingerprint density at radius 3 is 2.79 bits per heavy atom. The van der Waals surface area contributed by atoms with Crippen LogP contribution in [0.5, 0.6) is 5.75 Å². The maximum atomic E-state index is 13.3. The summed E-state index contributed by atoms with van der Waals surface area (Å²) in [7, 11) is 1.50. The van der Waals surface area contributed by atoms with Crippen LogP contribution in [0.3, 0.4) is 0 Å². The molecule has 0 atom stereocenters. The average Bonchev–Trinajstić information content (AvgIpc) is 2.42. The molecule has 1 nitrogen and oxygen atoms in total. The summed E-state index contributed by atoms with van der Waals surface area (Å²) >= 11 is 3.28. The van der Waals surface area contributed by atoms with Crippen molar-refractivity contribution in [2.24, 2.45) is 0 Å². The van der Waals surface area contributed by atoms with Crippen LogP contribution in [0.1, 0.15) is 17.5 Å². The van der Waals surface area contributed by atoms with Gasteiger partial charge in [0.1, 0.15) is 5.75 Å². The quantitative estimate of drug-likeness (QED) is 0.753. The number of fused-ring (bicyclic) bond motifs is 1. The fourth-order valence-corrected chi connectivity index (χ4v) is 2.36. The number of alkyl halides is 2. The molecule has 0 aliphatic heterocycles. The summed E-state index contributed by atoms with van der Waals surface area (Å²) in [5.41, 5.74) is 0.740. The Kier molecular flexibility index (Phi) is 2.26. The summed E-state index contributed by atoms with van der Waals surface area (Å²) < 4.78 is 32.5. The van der Waals surface area contributed by atoms with Crippen LogP contribution < -0.4 is 4.74 Å². The SMILES string of the molecule is COc1c(Br)ccc2c1CCC2(F)F. The zero-order chi connectivity index (χ0) is 10.3. The lowest BCUT2D eigenvalue weighted by atomic mass is 10.1. The standard InChI is InChI=1S/C10H9BrF2O/c1-14-9-6-4-5-10(12,13)7(6)2-3-8(9)11/h2-3H,4-5H2,1H3. The van der Waals surface area contributed by atoms with Gasteiger partial charge in [-0.3, -0.25) is 0 Å². The number of halogens is 3. The molecule has 4 heteroatoms. The summed E-state index contributed by atoms with van der Waals surface area (Å²) in [4.78, 5) is 0. The van der Waals surface area contributed by atoms with E-state index in [4.69, 9.17) is 4.74 Å². The molecule has 2 rings (SSSR count). The molecule has 0 bridgehead atoms. The van der Waals surface area contributed by atoms with Crippen LogP contribution in [-0.2, 0) is 12.3 Å². The predicted octanol–water partition coefficient (Wildman–Crippen LogP) is 3.50. The molecule has 0 saturated heterocycles. The second-order valence-corrected chi connectivity index (χ2v) is 4.17. The molecule has 0 saturated carbocycles. The lowest BCUT2D eigenvalue weighted by Crippen LogP contribution is -2.07. The summed E-state index contributed by atoms with van der Waals surface area (Å²) in [5, 5.41) is 0. The second-order valence-electron chi connectivity index (χ2n) is 3.31. The van der Waals surface area contributed by atoms with Gasteiger partial charge in [0.05, 0.1) is 11.6 Å². The van der Waals surface area contributed by atoms with E-state index < -0.39 is 5.92 Å². The van der Waals surface area contributed by atoms with Gasteiger partial charge in [-0.1, -0.05) is 6.07 Å². The van der Waals surface area contributed by atoms with E-state index in [-0.39, 0.29) is 12.0 Å². The maximum absolute atomic E-state index is 13.3. The Labute approximate surface area is 89.2 Å². The highest BCUT2D eigenvalue weighted by molar-refractivity contribution is 9.10. The van der Waals surface area contributed by atoms with Crippen LogP contribution in [-0.4, -0.2) is 7.11 Å². The first-order chi connectivity index (χ1) is 6.56. The third kappa shape index (κ3) is 1.32. The summed E-state index contributed by atoms with van der Waals surface area (Å²) in [6, 6.07) is 3.08. The van der Waals surface area contributed by atoms with Gasteiger partial charge in [-0.25, -0.2) is 8.78 Å². The van der Waals surface area contributed by atoms with Gasteiger partial charge in [0.2, 0.25) is 0 Å². The maximum Gasteiger partial charge on any atom is 0.273 e. The first kappa shape index (κ1) is 9.90. The third-order valence-corrected chi connectivity index (χ3v) is 3.12. The summed E-state index contributed by atoms with van der Waals surface area (Å²) in [5.74, 6) is -2.15. The van der Waals surface area contributed by atoms with Crippen molar-refractivity contribution >= 4 is 15.9 Å². The van der Waals surface area contributed by atoms with Gasteiger partial charge < -0.3 is 4.74 Å². The van der Waals surface area contributed by atoms with Gasteiger partial charge in [0.15, 0.2) is 0 Å². The van der Waals surface area contributed by atoms with E-state index in [0.29, 0.717) is 17.7 Å². The molecule has 0 spiro atoms. The van der Waals surface area contributed by atoms with Crippen molar-refractivity contribution in [3.8, 4) is 5.75 Å². The Hall–Kier alpha value is -0.640. The highest BCUT2D eigenvalue weighted by Crippen LogP contribution is 2.47. The topological polar surface area (TPSA) is 9.23 Å². The number of hydrogen-bond donors (Lipinski definition) is 0. The van der Waals surface area contributed by atoms with Crippen molar-refractivity contribution in [3.63, 3.8) is 0 Å². The highest BCUT2D eigenvalue weighted by Gasteiger charge is 2.40. The molecule has 0 unspecified atom stereocenters. The van der Waals surface area contributed by atoms with E-state index in [2.05, 4.69) is 15.9 Å². The van der Waals surface area contributed by atoms with E-state index in [1.54, 1.807) is 6.07 Å². The van der Waals surface area contributed by atoms with Crippen LogP contribution in [0.2, 0.25) is 0 Å². The first-order valence-electron chi connectivity index (χ1n) is 4.30. The minimum absolute atomic E-state index is 0.109. The molecule has 14 heavy (non-hydrogen) atoms. The van der Waals surface area contributed by atoms with Gasteiger partial charge in [-0.05, 0) is 28.4 Å². The van der Waals surface area contributed by atoms with Crippen molar-refractivity contribution in [2.75, 3.05) is 7.11 Å². The van der Waals surface area contributed by atoms with Crippen LogP contribution in [0.15, 0.2) is 16.6 Å². The molecule has 1 aliphatic rings. The lowest BCUT2D eigenvalue weighted by molar-refractivity contribution is -0.00186. The highest BCUT2D eigenvalue weighted by atomic mass is 79.9. The zero-order valence-electron chi connectivity index (χ0n) is 7.61. The van der Waals surface area contributed by atoms with Crippen molar-refractivity contribution in [1.29, 1.82) is 0 Å². The molecule has 76 valence electrons. The van der Waals surface area contributed by atoms with Gasteiger partial charge in [-0.2, -0.15) is 0 Å². The van der Waals surface area contributed by atoms with Crippen molar-refractivity contribution < 1.29 is 13.5 Å².